The molecule has 2 nitrogen and oxygen atoms in total. The molecule has 0 aliphatic rings. The molecule has 0 aromatic heterocycles. The molecule has 1 aromatic rings. The summed E-state index contributed by atoms with van der Waals surface area (Å²) in [6, 6.07) is 9.44. The lowest BCUT2D eigenvalue weighted by Gasteiger charge is -2.36. The maximum atomic E-state index is 2.36. The largest absolute Gasteiger partial charge is 0.321 e. The van der Waals surface area contributed by atoms with Crippen LogP contribution in [0.2, 0.25) is 0 Å². The van der Waals surface area contributed by atoms with E-state index < -0.39 is 0 Å². The van der Waals surface area contributed by atoms with Crippen LogP contribution >= 0.6 is 0 Å². The Morgan fingerprint density at radius 3 is 0.909 bits per heavy atom. The molecule has 0 aliphatic heterocycles. The van der Waals surface area contributed by atoms with Crippen molar-refractivity contribution in [2.24, 2.45) is 0 Å². The second-order valence-corrected chi connectivity index (χ2v) is 6.71. The predicted molar refractivity (Wildman–Crippen MR) is 97.6 cm³/mol. The summed E-state index contributed by atoms with van der Waals surface area (Å²) in [6.07, 6.45) is 0. The van der Waals surface area contributed by atoms with Crippen molar-refractivity contribution in [3.63, 3.8) is 0 Å². The van der Waals surface area contributed by atoms with Crippen molar-refractivity contribution >= 4 is 0 Å². The Balaban J connectivity index is 2.82. The molecule has 0 saturated heterocycles. The summed E-state index contributed by atoms with van der Waals surface area (Å²) < 4.78 is 2.39. The number of hydrogen-bond donors (Lipinski definition) is 0. The van der Waals surface area contributed by atoms with Crippen molar-refractivity contribution in [2.75, 3.05) is 39.3 Å². The first kappa shape index (κ1) is 19.2. The van der Waals surface area contributed by atoms with Crippen LogP contribution in [0.25, 0.3) is 0 Å². The topological polar surface area (TPSA) is 0 Å². The molecular weight excluding hydrogens is 268 g/mol. The molecule has 1 rings (SSSR count). The highest BCUT2D eigenvalue weighted by Crippen LogP contribution is 2.18. The van der Waals surface area contributed by atoms with Crippen LogP contribution < -0.4 is 0 Å². The third-order valence-electron chi connectivity index (χ3n) is 6.08. The summed E-state index contributed by atoms with van der Waals surface area (Å²) in [5.41, 5.74) is 2.97. The van der Waals surface area contributed by atoms with Gasteiger partial charge in [-0.2, -0.15) is 0 Å². The van der Waals surface area contributed by atoms with Gasteiger partial charge in [0.25, 0.3) is 0 Å². The van der Waals surface area contributed by atoms with Gasteiger partial charge in [0.1, 0.15) is 13.1 Å². The number of rotatable bonds is 10. The van der Waals surface area contributed by atoms with E-state index in [-0.39, 0.29) is 0 Å². The van der Waals surface area contributed by atoms with Crippen LogP contribution in [-0.4, -0.2) is 48.2 Å². The molecule has 0 aliphatic carbocycles. The first-order valence-electron chi connectivity index (χ1n) is 9.30. The van der Waals surface area contributed by atoms with Crippen molar-refractivity contribution in [3.05, 3.63) is 35.4 Å². The fraction of sp³-hybridized carbons (Fsp3) is 0.700. The van der Waals surface area contributed by atoms with E-state index in [2.05, 4.69) is 65.8 Å². The van der Waals surface area contributed by atoms with E-state index in [1.807, 2.05) is 0 Å². The Kier molecular flexibility index (Phi) is 7.58. The maximum Gasteiger partial charge on any atom is 0.104 e. The van der Waals surface area contributed by atoms with Crippen LogP contribution in [0.5, 0.6) is 0 Å². The van der Waals surface area contributed by atoms with E-state index in [9.17, 15) is 0 Å². The minimum absolute atomic E-state index is 1.17. The fourth-order valence-corrected chi connectivity index (χ4v) is 3.54. The SMILES string of the molecule is CC[N+](CC)(CC)Cc1ccc(C[N+](CC)(CC)CC)cc1. The lowest BCUT2D eigenvalue weighted by Crippen LogP contribution is -2.47. The first-order chi connectivity index (χ1) is 10.5. The molecule has 0 spiro atoms. The number of benzene rings is 1. The molecule has 0 saturated carbocycles. The highest BCUT2D eigenvalue weighted by molar-refractivity contribution is 5.21. The van der Waals surface area contributed by atoms with E-state index >= 15 is 0 Å². The summed E-state index contributed by atoms with van der Waals surface area (Å²) >= 11 is 0. The minimum atomic E-state index is 1.17. The smallest absolute Gasteiger partial charge is 0.104 e. The van der Waals surface area contributed by atoms with Gasteiger partial charge in [-0.1, -0.05) is 24.3 Å². The summed E-state index contributed by atoms with van der Waals surface area (Å²) in [5.74, 6) is 0. The second kappa shape index (κ2) is 8.69. The highest BCUT2D eigenvalue weighted by atomic mass is 15.3. The van der Waals surface area contributed by atoms with Gasteiger partial charge in [0, 0.05) is 11.1 Å². The minimum Gasteiger partial charge on any atom is -0.321 e. The van der Waals surface area contributed by atoms with Gasteiger partial charge in [0.2, 0.25) is 0 Å². The lowest BCUT2D eigenvalue weighted by atomic mass is 10.1. The van der Waals surface area contributed by atoms with Crippen molar-refractivity contribution in [3.8, 4) is 0 Å². The number of nitrogens with zero attached hydrogens (tertiary/aromatic N) is 2. The van der Waals surface area contributed by atoms with Crippen LogP contribution in [0, 0.1) is 0 Å². The quantitative estimate of drug-likeness (QED) is 0.561. The Morgan fingerprint density at radius 1 is 0.500 bits per heavy atom. The van der Waals surface area contributed by atoms with Crippen molar-refractivity contribution in [1.82, 2.24) is 0 Å². The fourth-order valence-electron chi connectivity index (χ4n) is 3.54. The van der Waals surface area contributed by atoms with Crippen molar-refractivity contribution < 1.29 is 8.97 Å². The average molecular weight is 307 g/mol. The van der Waals surface area contributed by atoms with Crippen LogP contribution in [-0.2, 0) is 13.1 Å². The third kappa shape index (κ3) is 4.57. The first-order valence-corrected chi connectivity index (χ1v) is 9.30. The van der Waals surface area contributed by atoms with Gasteiger partial charge >= 0.3 is 0 Å². The Labute approximate surface area is 138 Å². The highest BCUT2D eigenvalue weighted by Gasteiger charge is 2.23. The molecule has 1 aromatic carbocycles. The Bertz CT molecular complexity index is 356. The van der Waals surface area contributed by atoms with Crippen LogP contribution in [0.3, 0.4) is 0 Å². The van der Waals surface area contributed by atoms with Gasteiger partial charge in [0.05, 0.1) is 39.3 Å². The Hall–Kier alpha value is -0.860. The molecule has 2 heteroatoms. The summed E-state index contributed by atoms with van der Waals surface area (Å²) in [4.78, 5) is 0. The molecule has 126 valence electrons. The molecular formula is C20H38N2+2. The average Bonchev–Trinajstić information content (AvgIpc) is 2.59. The summed E-state index contributed by atoms with van der Waals surface area (Å²) in [5, 5.41) is 0. The zero-order valence-corrected chi connectivity index (χ0v) is 15.9. The molecule has 0 bridgehead atoms. The van der Waals surface area contributed by atoms with E-state index in [0.29, 0.717) is 0 Å². The molecule has 0 unspecified atom stereocenters. The van der Waals surface area contributed by atoms with Gasteiger partial charge in [-0.15, -0.1) is 0 Å². The van der Waals surface area contributed by atoms with E-state index in [1.54, 1.807) is 0 Å². The summed E-state index contributed by atoms with van der Waals surface area (Å²) in [7, 11) is 0. The molecule has 0 fully saturated rings. The van der Waals surface area contributed by atoms with Gasteiger partial charge in [0.15, 0.2) is 0 Å². The number of quaternary nitrogens is 2. The van der Waals surface area contributed by atoms with Crippen molar-refractivity contribution in [2.45, 2.75) is 54.6 Å². The molecule has 0 atom stereocenters. The molecule has 22 heavy (non-hydrogen) atoms. The monoisotopic (exact) mass is 306 g/mol. The molecule has 0 N–H and O–H groups in total. The molecule has 0 heterocycles. The van der Waals surface area contributed by atoms with Crippen LogP contribution in [0.15, 0.2) is 24.3 Å². The van der Waals surface area contributed by atoms with Crippen LogP contribution in [0.1, 0.15) is 52.7 Å². The number of hydrogen-bond acceptors (Lipinski definition) is 0. The van der Waals surface area contributed by atoms with E-state index in [1.165, 1.54) is 72.5 Å². The molecule has 0 radical (unpaired) electrons. The second-order valence-electron chi connectivity index (χ2n) is 6.71. The normalized spacial score (nSPS) is 12.6. The van der Waals surface area contributed by atoms with Gasteiger partial charge in [-0.25, -0.2) is 0 Å². The standard InChI is InChI=1S/C20H38N2/c1-7-21(8-2,9-3)17-19-13-15-20(16-14-19)18-22(10-4,11-5)12-6/h13-16H,7-12,17-18H2,1-6H3/q+2. The zero-order valence-electron chi connectivity index (χ0n) is 15.9. The van der Waals surface area contributed by atoms with Crippen molar-refractivity contribution in [1.29, 1.82) is 0 Å². The maximum absolute atomic E-state index is 2.36. The van der Waals surface area contributed by atoms with Gasteiger partial charge in [-0.3, -0.25) is 0 Å². The lowest BCUT2D eigenvalue weighted by molar-refractivity contribution is -0.936. The summed E-state index contributed by atoms with van der Waals surface area (Å²) in [6.45, 7) is 23.5. The van der Waals surface area contributed by atoms with E-state index in [4.69, 9.17) is 0 Å². The van der Waals surface area contributed by atoms with Gasteiger partial charge < -0.3 is 8.97 Å². The molecule has 0 amide bonds. The zero-order chi connectivity index (χ0) is 16.6. The Morgan fingerprint density at radius 2 is 0.727 bits per heavy atom. The predicted octanol–water partition coefficient (Wildman–Crippen LogP) is 4.44. The third-order valence-corrected chi connectivity index (χ3v) is 6.08. The van der Waals surface area contributed by atoms with E-state index in [0.717, 1.165) is 0 Å². The van der Waals surface area contributed by atoms with Crippen LogP contribution in [0.4, 0.5) is 0 Å². The van der Waals surface area contributed by atoms with Gasteiger partial charge in [-0.05, 0) is 41.5 Å².